The molecule has 2 nitrogen and oxygen atoms in total. The SMILES string of the molecule is [Ni][n]1cccn1. The van der Waals surface area contributed by atoms with E-state index >= 15 is 0 Å². The van der Waals surface area contributed by atoms with Crippen LogP contribution in [-0.4, -0.2) is 8.86 Å². The van der Waals surface area contributed by atoms with Gasteiger partial charge in [0.1, 0.15) is 0 Å². The van der Waals surface area contributed by atoms with Crippen molar-refractivity contribution in [1.82, 2.24) is 8.86 Å². The van der Waals surface area contributed by atoms with E-state index in [0.29, 0.717) is 0 Å². The molecule has 3 heteroatoms. The number of aromatic nitrogens is 2. The average molecular weight is 126 g/mol. The van der Waals surface area contributed by atoms with Crippen LogP contribution in [0.15, 0.2) is 18.5 Å². The van der Waals surface area contributed by atoms with Crippen molar-refractivity contribution < 1.29 is 15.7 Å². The van der Waals surface area contributed by atoms with Gasteiger partial charge in [-0.15, -0.1) is 0 Å². The van der Waals surface area contributed by atoms with Crippen LogP contribution in [-0.2, 0) is 15.7 Å². The van der Waals surface area contributed by atoms with Crippen LogP contribution in [0.5, 0.6) is 0 Å². The van der Waals surface area contributed by atoms with Gasteiger partial charge in [0, 0.05) is 0 Å². The third kappa shape index (κ3) is 0.602. The van der Waals surface area contributed by atoms with E-state index in [1.807, 2.05) is 0 Å². The first kappa shape index (κ1) is 3.88. The second-order valence-corrected chi connectivity index (χ2v) is 1.32. The summed E-state index contributed by atoms with van der Waals surface area (Å²) in [5.41, 5.74) is 0. The Bertz CT molecular complexity index is 112. The predicted molar refractivity (Wildman–Crippen MR) is 17.6 cm³/mol. The van der Waals surface area contributed by atoms with Gasteiger partial charge in [0.15, 0.2) is 0 Å². The Morgan fingerprint density at radius 3 is 2.67 bits per heavy atom. The van der Waals surface area contributed by atoms with Crippen LogP contribution in [0.4, 0.5) is 0 Å². The Balaban J connectivity index is 3.05. The summed E-state index contributed by atoms with van der Waals surface area (Å²) in [6, 6.07) is 1.80. The summed E-state index contributed by atoms with van der Waals surface area (Å²) >= 11 is 4.28. The van der Waals surface area contributed by atoms with E-state index in [4.69, 9.17) is 0 Å². The molecule has 6 heavy (non-hydrogen) atoms. The standard InChI is InChI=1S/C3H3N2.Ni/c1-2-4-5-3-1;/h1-3H;/q-1;+1. The van der Waals surface area contributed by atoms with Gasteiger partial charge in [0.2, 0.25) is 0 Å². The van der Waals surface area contributed by atoms with Crippen molar-refractivity contribution in [2.45, 2.75) is 0 Å². The molecule has 0 saturated carbocycles. The zero-order valence-corrected chi connectivity index (χ0v) is 3.93. The summed E-state index contributed by atoms with van der Waals surface area (Å²) < 4.78 is 1.38. The Labute approximate surface area is 43.7 Å². The van der Waals surface area contributed by atoms with Crippen molar-refractivity contribution in [3.63, 3.8) is 0 Å². The van der Waals surface area contributed by atoms with Crippen molar-refractivity contribution in [3.05, 3.63) is 18.5 Å². The topological polar surface area (TPSA) is 17.8 Å². The molecule has 0 fully saturated rings. The van der Waals surface area contributed by atoms with Crippen LogP contribution in [0.1, 0.15) is 0 Å². The van der Waals surface area contributed by atoms with E-state index in [1.165, 1.54) is 3.76 Å². The van der Waals surface area contributed by atoms with Gasteiger partial charge in [-0.05, 0) is 0 Å². The molecule has 0 unspecified atom stereocenters. The third-order valence-corrected chi connectivity index (χ3v) is 0.717. The first-order chi connectivity index (χ1) is 2.89. The fourth-order valence-electron chi connectivity index (χ4n) is 0.241. The molecule has 0 radical (unpaired) electrons. The first-order valence-corrected chi connectivity index (χ1v) is 1.97. The molecule has 35 valence electrons. The average Bonchev–Trinajstić information content (AvgIpc) is 1.86. The van der Waals surface area contributed by atoms with E-state index in [9.17, 15) is 0 Å². The minimum atomic E-state index is 1.38. The second kappa shape index (κ2) is 1.44. The van der Waals surface area contributed by atoms with E-state index < -0.39 is 0 Å². The van der Waals surface area contributed by atoms with E-state index in [-0.39, 0.29) is 0 Å². The van der Waals surface area contributed by atoms with Gasteiger partial charge in [-0.2, -0.15) is 0 Å². The first-order valence-electron chi connectivity index (χ1n) is 1.52. The Kier molecular flexibility index (Phi) is 0.928. The summed E-state index contributed by atoms with van der Waals surface area (Å²) in [5, 5.41) is 3.67. The van der Waals surface area contributed by atoms with Crippen molar-refractivity contribution in [3.8, 4) is 0 Å². The maximum atomic E-state index is 4.28. The number of rotatable bonds is 0. The Hall–Kier alpha value is -0.296. The van der Waals surface area contributed by atoms with Gasteiger partial charge in [-0.25, -0.2) is 0 Å². The van der Waals surface area contributed by atoms with E-state index in [2.05, 4.69) is 20.8 Å². The second-order valence-electron chi connectivity index (χ2n) is 0.866. The summed E-state index contributed by atoms with van der Waals surface area (Å²) in [5.74, 6) is 0. The molecule has 1 aromatic rings. The van der Waals surface area contributed by atoms with Crippen LogP contribution < -0.4 is 0 Å². The van der Waals surface area contributed by atoms with Crippen LogP contribution in [0.2, 0.25) is 0 Å². The molecule has 0 aliphatic carbocycles. The molecule has 0 N–H and O–H groups in total. The van der Waals surface area contributed by atoms with Crippen LogP contribution >= 0.6 is 0 Å². The van der Waals surface area contributed by atoms with Gasteiger partial charge in [-0.1, -0.05) is 0 Å². The van der Waals surface area contributed by atoms with E-state index in [0.717, 1.165) is 0 Å². The molecule has 1 rings (SSSR count). The molecule has 0 saturated heterocycles. The van der Waals surface area contributed by atoms with Crippen LogP contribution in [0.3, 0.4) is 0 Å². The fourth-order valence-corrected chi connectivity index (χ4v) is 0.392. The number of hydrogen-bond donors (Lipinski definition) is 0. The minimum absolute atomic E-state index is 1.38. The van der Waals surface area contributed by atoms with Crippen molar-refractivity contribution >= 4 is 0 Å². The summed E-state index contributed by atoms with van der Waals surface area (Å²) in [6.45, 7) is 0. The fraction of sp³-hybridized carbons (Fsp3) is 0. The molecule has 0 aliphatic rings. The summed E-state index contributed by atoms with van der Waals surface area (Å²) in [4.78, 5) is 0. The zero-order valence-electron chi connectivity index (χ0n) is 2.94. The summed E-state index contributed by atoms with van der Waals surface area (Å²) in [7, 11) is 0. The molecular formula is C3H3N2Ni. The maximum absolute atomic E-state index is 4.28. The molecule has 1 aromatic heterocycles. The molecule has 1 heterocycles. The molecule has 0 atom stereocenters. The Morgan fingerprint density at radius 1 is 1.67 bits per heavy atom. The number of hydrogen-bond acceptors (Lipinski definition) is 1. The molecule has 0 aromatic carbocycles. The molecule has 0 spiro atoms. The molecule has 0 aliphatic heterocycles. The van der Waals surface area contributed by atoms with E-state index in [1.54, 1.807) is 18.5 Å². The molecule has 0 bridgehead atoms. The van der Waals surface area contributed by atoms with Gasteiger partial charge in [0.05, 0.1) is 0 Å². The third-order valence-electron chi connectivity index (χ3n) is 0.456. The zero-order chi connectivity index (χ0) is 4.41. The Morgan fingerprint density at radius 2 is 2.50 bits per heavy atom. The van der Waals surface area contributed by atoms with Crippen molar-refractivity contribution in [1.29, 1.82) is 0 Å². The monoisotopic (exact) mass is 125 g/mol. The number of nitrogens with zero attached hydrogens (tertiary/aromatic N) is 2. The van der Waals surface area contributed by atoms with Gasteiger partial charge in [-0.3, -0.25) is 0 Å². The van der Waals surface area contributed by atoms with Crippen molar-refractivity contribution in [2.24, 2.45) is 0 Å². The predicted octanol–water partition coefficient (Wildman–Crippen LogP) is 0.193. The normalized spacial score (nSPS) is 9.00. The van der Waals surface area contributed by atoms with Crippen LogP contribution in [0.25, 0.3) is 0 Å². The van der Waals surface area contributed by atoms with Crippen LogP contribution in [0, 0.1) is 0 Å². The van der Waals surface area contributed by atoms with Gasteiger partial charge < -0.3 is 0 Å². The summed E-state index contributed by atoms with van der Waals surface area (Å²) in [6.07, 6.45) is 3.38. The van der Waals surface area contributed by atoms with Gasteiger partial charge in [0.25, 0.3) is 0 Å². The van der Waals surface area contributed by atoms with Crippen molar-refractivity contribution in [2.75, 3.05) is 0 Å². The van der Waals surface area contributed by atoms with Gasteiger partial charge >= 0.3 is 43.0 Å². The molecular weight excluding hydrogens is 123 g/mol. The molecule has 0 amide bonds. The quantitative estimate of drug-likeness (QED) is 0.453.